The van der Waals surface area contributed by atoms with Crippen molar-refractivity contribution in [1.29, 1.82) is 0 Å². The average Bonchev–Trinajstić information content (AvgIpc) is 2.67. The third-order valence-corrected chi connectivity index (χ3v) is 4.65. The number of nitrogens with one attached hydrogen (secondary N) is 1. The maximum atomic E-state index is 12.3. The van der Waals surface area contributed by atoms with E-state index in [1.807, 2.05) is 12.1 Å². The Morgan fingerprint density at radius 3 is 2.88 bits per heavy atom. The van der Waals surface area contributed by atoms with Crippen LogP contribution in [-0.4, -0.2) is 56.5 Å². The standard InChI is InChI=1S/C18H27N3O3/c22-18(20-8-11-24-16-4-2-1-3-5-16)17-14-15(6-7-19-17)21-9-12-23-13-10-21/h6-7,14,16H,1-5,8-13H2,(H,20,22). The van der Waals surface area contributed by atoms with Crippen molar-refractivity contribution in [2.45, 2.75) is 38.2 Å². The minimum atomic E-state index is -0.141. The molecule has 1 N–H and O–H groups in total. The first-order chi connectivity index (χ1) is 11.8. The second-order valence-corrected chi connectivity index (χ2v) is 6.39. The second kappa shape index (κ2) is 8.99. The minimum Gasteiger partial charge on any atom is -0.378 e. The highest BCUT2D eigenvalue weighted by Crippen LogP contribution is 2.20. The van der Waals surface area contributed by atoms with Crippen LogP contribution in [0.4, 0.5) is 5.69 Å². The first-order valence-electron chi connectivity index (χ1n) is 9.01. The van der Waals surface area contributed by atoms with E-state index in [-0.39, 0.29) is 5.91 Å². The van der Waals surface area contributed by atoms with E-state index in [0.29, 0.717) is 24.9 Å². The lowest BCUT2D eigenvalue weighted by molar-refractivity contribution is 0.0299. The van der Waals surface area contributed by atoms with Gasteiger partial charge in [-0.25, -0.2) is 0 Å². The number of pyridine rings is 1. The summed E-state index contributed by atoms with van der Waals surface area (Å²) >= 11 is 0. The molecule has 6 heteroatoms. The molecule has 2 heterocycles. The van der Waals surface area contributed by atoms with Crippen LogP contribution in [0.1, 0.15) is 42.6 Å². The molecule has 0 unspecified atom stereocenters. The van der Waals surface area contributed by atoms with Crippen LogP contribution in [0.15, 0.2) is 18.3 Å². The van der Waals surface area contributed by atoms with Gasteiger partial charge in [0.15, 0.2) is 0 Å². The van der Waals surface area contributed by atoms with Crippen molar-refractivity contribution >= 4 is 11.6 Å². The highest BCUT2D eigenvalue weighted by molar-refractivity contribution is 5.93. The van der Waals surface area contributed by atoms with E-state index in [2.05, 4.69) is 15.2 Å². The predicted molar refractivity (Wildman–Crippen MR) is 92.4 cm³/mol. The van der Waals surface area contributed by atoms with Gasteiger partial charge in [-0.1, -0.05) is 19.3 Å². The van der Waals surface area contributed by atoms with Crippen molar-refractivity contribution in [2.24, 2.45) is 0 Å². The zero-order valence-corrected chi connectivity index (χ0v) is 14.2. The van der Waals surface area contributed by atoms with Crippen molar-refractivity contribution in [1.82, 2.24) is 10.3 Å². The number of anilines is 1. The smallest absolute Gasteiger partial charge is 0.270 e. The van der Waals surface area contributed by atoms with E-state index >= 15 is 0 Å². The van der Waals surface area contributed by atoms with Crippen molar-refractivity contribution < 1.29 is 14.3 Å². The van der Waals surface area contributed by atoms with Crippen LogP contribution < -0.4 is 10.2 Å². The predicted octanol–water partition coefficient (Wildman–Crippen LogP) is 2.00. The molecule has 6 nitrogen and oxygen atoms in total. The molecule has 3 rings (SSSR count). The molecule has 2 aliphatic rings. The van der Waals surface area contributed by atoms with Crippen LogP contribution in [0.3, 0.4) is 0 Å². The highest BCUT2D eigenvalue weighted by Gasteiger charge is 2.15. The molecular formula is C18H27N3O3. The summed E-state index contributed by atoms with van der Waals surface area (Å²) in [6.07, 6.45) is 8.21. The molecule has 1 saturated heterocycles. The lowest BCUT2D eigenvalue weighted by atomic mass is 9.98. The number of hydrogen-bond acceptors (Lipinski definition) is 5. The van der Waals surface area contributed by atoms with Crippen molar-refractivity contribution in [3.63, 3.8) is 0 Å². The molecule has 0 spiro atoms. The van der Waals surface area contributed by atoms with Gasteiger partial charge in [0.1, 0.15) is 5.69 Å². The quantitative estimate of drug-likeness (QED) is 0.807. The number of ether oxygens (including phenoxy) is 2. The summed E-state index contributed by atoms with van der Waals surface area (Å²) in [4.78, 5) is 18.7. The van der Waals surface area contributed by atoms with E-state index in [0.717, 1.165) is 44.8 Å². The van der Waals surface area contributed by atoms with Gasteiger partial charge in [0.05, 0.1) is 25.9 Å². The molecule has 0 atom stereocenters. The Hall–Kier alpha value is -1.66. The van der Waals surface area contributed by atoms with Crippen molar-refractivity contribution in [3.05, 3.63) is 24.0 Å². The summed E-state index contributed by atoms with van der Waals surface area (Å²) in [5, 5.41) is 2.90. The maximum absolute atomic E-state index is 12.3. The molecule has 1 amide bonds. The highest BCUT2D eigenvalue weighted by atomic mass is 16.5. The van der Waals surface area contributed by atoms with Crippen LogP contribution in [0.2, 0.25) is 0 Å². The molecule has 0 radical (unpaired) electrons. The molecule has 24 heavy (non-hydrogen) atoms. The molecular weight excluding hydrogens is 306 g/mol. The fourth-order valence-corrected chi connectivity index (χ4v) is 3.27. The lowest BCUT2D eigenvalue weighted by Crippen LogP contribution is -2.36. The Bertz CT molecular complexity index is 526. The van der Waals surface area contributed by atoms with Gasteiger partial charge in [0.2, 0.25) is 0 Å². The molecule has 1 aliphatic heterocycles. The zero-order valence-electron chi connectivity index (χ0n) is 14.2. The third kappa shape index (κ3) is 4.92. The van der Waals surface area contributed by atoms with Gasteiger partial charge in [-0.15, -0.1) is 0 Å². The zero-order chi connectivity index (χ0) is 16.6. The first kappa shape index (κ1) is 17.2. The second-order valence-electron chi connectivity index (χ2n) is 6.39. The van der Waals surface area contributed by atoms with E-state index < -0.39 is 0 Å². The number of rotatable bonds is 6. The average molecular weight is 333 g/mol. The van der Waals surface area contributed by atoms with Crippen LogP contribution in [0, 0.1) is 0 Å². The van der Waals surface area contributed by atoms with E-state index in [1.165, 1.54) is 19.3 Å². The summed E-state index contributed by atoms with van der Waals surface area (Å²) in [6, 6.07) is 3.79. The van der Waals surface area contributed by atoms with E-state index in [9.17, 15) is 4.79 Å². The Labute approximate surface area is 143 Å². The lowest BCUT2D eigenvalue weighted by Gasteiger charge is -2.28. The number of morpholine rings is 1. The Morgan fingerprint density at radius 2 is 2.08 bits per heavy atom. The monoisotopic (exact) mass is 333 g/mol. The third-order valence-electron chi connectivity index (χ3n) is 4.65. The molecule has 1 aliphatic carbocycles. The number of amides is 1. The normalized spacial score (nSPS) is 19.2. The largest absolute Gasteiger partial charge is 0.378 e. The number of carbonyl (C=O) groups is 1. The molecule has 0 aromatic carbocycles. The van der Waals surface area contributed by atoms with Gasteiger partial charge in [-0.3, -0.25) is 9.78 Å². The summed E-state index contributed by atoms with van der Waals surface area (Å²) in [5.41, 5.74) is 1.48. The molecule has 132 valence electrons. The van der Waals surface area contributed by atoms with Gasteiger partial charge < -0.3 is 19.7 Å². The van der Waals surface area contributed by atoms with Crippen LogP contribution in [-0.2, 0) is 9.47 Å². The Morgan fingerprint density at radius 1 is 1.29 bits per heavy atom. The number of aromatic nitrogens is 1. The molecule has 2 fully saturated rings. The van der Waals surface area contributed by atoms with Crippen LogP contribution in [0.5, 0.6) is 0 Å². The summed E-state index contributed by atoms with van der Waals surface area (Å²) < 4.78 is 11.2. The maximum Gasteiger partial charge on any atom is 0.270 e. The minimum absolute atomic E-state index is 0.141. The van der Waals surface area contributed by atoms with E-state index in [4.69, 9.17) is 9.47 Å². The van der Waals surface area contributed by atoms with Crippen molar-refractivity contribution in [2.75, 3.05) is 44.4 Å². The Kier molecular flexibility index (Phi) is 6.43. The fraction of sp³-hybridized carbons (Fsp3) is 0.667. The van der Waals surface area contributed by atoms with Gasteiger partial charge >= 0.3 is 0 Å². The number of hydrogen-bond donors (Lipinski definition) is 1. The summed E-state index contributed by atoms with van der Waals surface area (Å²) in [7, 11) is 0. The number of nitrogens with zero attached hydrogens (tertiary/aromatic N) is 2. The molecule has 1 saturated carbocycles. The fourth-order valence-electron chi connectivity index (χ4n) is 3.27. The van der Waals surface area contributed by atoms with Crippen LogP contribution >= 0.6 is 0 Å². The van der Waals surface area contributed by atoms with Gasteiger partial charge in [0, 0.05) is 31.5 Å². The van der Waals surface area contributed by atoms with Gasteiger partial charge in [-0.05, 0) is 25.0 Å². The van der Waals surface area contributed by atoms with Gasteiger partial charge in [0.25, 0.3) is 5.91 Å². The first-order valence-corrected chi connectivity index (χ1v) is 9.01. The molecule has 0 bridgehead atoms. The van der Waals surface area contributed by atoms with Crippen LogP contribution in [0.25, 0.3) is 0 Å². The van der Waals surface area contributed by atoms with E-state index in [1.54, 1.807) is 6.20 Å². The van der Waals surface area contributed by atoms with Crippen molar-refractivity contribution in [3.8, 4) is 0 Å². The summed E-state index contributed by atoms with van der Waals surface area (Å²) in [6.45, 7) is 4.24. The molecule has 1 aromatic rings. The van der Waals surface area contributed by atoms with Gasteiger partial charge in [-0.2, -0.15) is 0 Å². The Balaban J connectivity index is 1.44. The number of carbonyl (C=O) groups excluding carboxylic acids is 1. The topological polar surface area (TPSA) is 63.7 Å². The summed E-state index contributed by atoms with van der Waals surface area (Å²) in [5.74, 6) is -0.141. The molecule has 1 aromatic heterocycles. The SMILES string of the molecule is O=C(NCCOC1CCCCC1)c1cc(N2CCOCC2)ccn1.